The number of halogens is 1. The van der Waals surface area contributed by atoms with Crippen LogP contribution in [0.2, 0.25) is 0 Å². The molecule has 1 aromatic heterocycles. The average Bonchev–Trinajstić information content (AvgIpc) is 2.93. The summed E-state index contributed by atoms with van der Waals surface area (Å²) in [5.74, 6) is 0.357. The van der Waals surface area contributed by atoms with E-state index in [9.17, 15) is 4.39 Å². The van der Waals surface area contributed by atoms with Crippen LogP contribution in [0.3, 0.4) is 0 Å². The number of hydrogen-bond donors (Lipinski definition) is 1. The second-order valence-electron chi connectivity index (χ2n) is 10.2. The number of nitrogens with one attached hydrogen (secondary N) is 1. The predicted octanol–water partition coefficient (Wildman–Crippen LogP) is 5.50. The molecule has 1 atom stereocenters. The van der Waals surface area contributed by atoms with Gasteiger partial charge in [0, 0.05) is 56.1 Å². The third-order valence-corrected chi connectivity index (χ3v) is 7.66. The first-order valence-electron chi connectivity index (χ1n) is 13.1. The number of likely N-dealkylation sites (N-methyl/N-ethyl adjacent to an activating group) is 1. The monoisotopic (exact) mass is 493 g/mol. The van der Waals surface area contributed by atoms with Crippen molar-refractivity contribution in [2.45, 2.75) is 18.8 Å². The maximum atomic E-state index is 14.7. The fraction of sp³-hybridized carbons (Fsp3) is 0.290. The molecule has 0 radical (unpaired) electrons. The molecule has 2 aliphatic rings. The molecule has 0 bridgehead atoms. The second-order valence-corrected chi connectivity index (χ2v) is 10.2. The molecule has 1 N–H and O–H groups in total. The van der Waals surface area contributed by atoms with Gasteiger partial charge in [-0.1, -0.05) is 54.6 Å². The summed E-state index contributed by atoms with van der Waals surface area (Å²) in [6, 6.07) is 23.8. The minimum Gasteiger partial charge on any atom is -0.324 e. The lowest BCUT2D eigenvalue weighted by Crippen LogP contribution is -2.45. The Balaban J connectivity index is 1.21. The minimum absolute atomic E-state index is 0.0516. The average molecular weight is 494 g/mol. The zero-order valence-corrected chi connectivity index (χ0v) is 21.2. The van der Waals surface area contributed by atoms with Crippen LogP contribution in [0.25, 0.3) is 11.3 Å². The second kappa shape index (κ2) is 10.4. The van der Waals surface area contributed by atoms with Gasteiger partial charge in [-0.3, -0.25) is 0 Å². The van der Waals surface area contributed by atoms with Crippen LogP contribution in [0.5, 0.6) is 0 Å². The number of benzene rings is 3. The van der Waals surface area contributed by atoms with Crippen molar-refractivity contribution in [1.29, 1.82) is 0 Å². The fourth-order valence-corrected chi connectivity index (χ4v) is 5.52. The lowest BCUT2D eigenvalue weighted by Gasteiger charge is -2.32. The lowest BCUT2D eigenvalue weighted by molar-refractivity contribution is 0.155. The first-order valence-corrected chi connectivity index (χ1v) is 13.1. The fourth-order valence-electron chi connectivity index (χ4n) is 5.52. The molecular formula is C31H32FN5. The summed E-state index contributed by atoms with van der Waals surface area (Å²) >= 11 is 0. The first-order chi connectivity index (χ1) is 18.1. The van der Waals surface area contributed by atoms with Crippen LogP contribution in [-0.2, 0) is 12.8 Å². The van der Waals surface area contributed by atoms with Crippen molar-refractivity contribution in [3.05, 3.63) is 107 Å². The third-order valence-electron chi connectivity index (χ3n) is 7.66. The number of fused-ring (bicyclic) bond motifs is 3. The molecule has 0 amide bonds. The van der Waals surface area contributed by atoms with E-state index in [-0.39, 0.29) is 11.7 Å². The van der Waals surface area contributed by atoms with Crippen LogP contribution >= 0.6 is 0 Å². The van der Waals surface area contributed by atoms with Crippen molar-refractivity contribution in [2.75, 3.05) is 45.1 Å². The molecule has 1 saturated heterocycles. The van der Waals surface area contributed by atoms with Gasteiger partial charge in [0.2, 0.25) is 5.95 Å². The van der Waals surface area contributed by atoms with E-state index in [1.807, 2.05) is 30.5 Å². The van der Waals surface area contributed by atoms with E-state index < -0.39 is 0 Å². The Bertz CT molecular complexity index is 1400. The van der Waals surface area contributed by atoms with E-state index in [1.165, 1.54) is 11.6 Å². The van der Waals surface area contributed by atoms with Crippen molar-refractivity contribution in [2.24, 2.45) is 0 Å². The van der Waals surface area contributed by atoms with Gasteiger partial charge in [0.25, 0.3) is 0 Å². The summed E-state index contributed by atoms with van der Waals surface area (Å²) in [7, 11) is 2.19. The molecule has 0 spiro atoms. The highest BCUT2D eigenvalue weighted by Gasteiger charge is 2.29. The summed E-state index contributed by atoms with van der Waals surface area (Å²) in [6.07, 6.45) is 3.59. The normalized spacial score (nSPS) is 17.7. The van der Waals surface area contributed by atoms with Crippen LogP contribution in [0.1, 0.15) is 28.2 Å². The van der Waals surface area contributed by atoms with Crippen molar-refractivity contribution in [3.8, 4) is 11.3 Å². The lowest BCUT2D eigenvalue weighted by atomic mass is 9.78. The zero-order chi connectivity index (χ0) is 25.2. The van der Waals surface area contributed by atoms with Gasteiger partial charge in [-0.2, -0.15) is 0 Å². The molecular weight excluding hydrogens is 461 g/mol. The first kappa shape index (κ1) is 23.8. The number of aromatic nitrogens is 2. The van der Waals surface area contributed by atoms with E-state index in [0.29, 0.717) is 12.4 Å². The summed E-state index contributed by atoms with van der Waals surface area (Å²) in [4.78, 5) is 14.5. The summed E-state index contributed by atoms with van der Waals surface area (Å²) in [5, 5.41) is 3.42. The van der Waals surface area contributed by atoms with Crippen LogP contribution in [0.15, 0.2) is 79.0 Å². The largest absolute Gasteiger partial charge is 0.324 e. The van der Waals surface area contributed by atoms with Gasteiger partial charge in [-0.15, -0.1) is 0 Å². The van der Waals surface area contributed by atoms with Crippen LogP contribution < -0.4 is 5.32 Å². The van der Waals surface area contributed by atoms with Gasteiger partial charge in [0.15, 0.2) is 0 Å². The molecule has 3 aromatic carbocycles. The Morgan fingerprint density at radius 3 is 2.54 bits per heavy atom. The van der Waals surface area contributed by atoms with Crippen LogP contribution in [-0.4, -0.2) is 59.5 Å². The molecule has 4 aromatic rings. The number of anilines is 2. The molecule has 2 heterocycles. The SMILES string of the molecule is CN1CCN(CCc2cccc(Nc3ncc4c(n3)-c3ccccc3[C@H](c3ccccc3F)C4)c2)CC1. The molecule has 6 rings (SSSR count). The van der Waals surface area contributed by atoms with E-state index in [1.54, 1.807) is 6.07 Å². The molecule has 188 valence electrons. The molecule has 1 aliphatic heterocycles. The van der Waals surface area contributed by atoms with Gasteiger partial charge in [0.05, 0.1) is 5.69 Å². The van der Waals surface area contributed by atoms with Crippen LogP contribution in [0.4, 0.5) is 16.0 Å². The highest BCUT2D eigenvalue weighted by Crippen LogP contribution is 2.42. The molecule has 6 heteroatoms. The summed E-state index contributed by atoms with van der Waals surface area (Å²) in [5.41, 5.74) is 7.13. The standard InChI is InChI=1S/C31H32FN5/c1-36-15-17-37(18-16-36)14-13-22-7-6-8-24(19-22)34-31-33-21-23-20-28(26-10-4-5-12-29(26)32)25-9-2-3-11-27(25)30(23)35-31/h2-12,19,21,28H,13-18,20H2,1H3,(H,33,34,35)/t28-/m1/s1. The van der Waals surface area contributed by atoms with E-state index in [4.69, 9.17) is 4.98 Å². The number of piperazine rings is 1. The highest BCUT2D eigenvalue weighted by atomic mass is 19.1. The zero-order valence-electron chi connectivity index (χ0n) is 21.2. The molecule has 0 unspecified atom stereocenters. The summed E-state index contributed by atoms with van der Waals surface area (Å²) < 4.78 is 14.7. The minimum atomic E-state index is -0.169. The van der Waals surface area contributed by atoms with E-state index >= 15 is 0 Å². The van der Waals surface area contributed by atoms with Crippen molar-refractivity contribution < 1.29 is 4.39 Å². The Morgan fingerprint density at radius 2 is 1.70 bits per heavy atom. The topological polar surface area (TPSA) is 44.3 Å². The van der Waals surface area contributed by atoms with E-state index in [0.717, 1.165) is 72.8 Å². The summed E-state index contributed by atoms with van der Waals surface area (Å²) in [6.45, 7) is 5.63. The van der Waals surface area contributed by atoms with Gasteiger partial charge in [-0.05, 0) is 60.3 Å². The van der Waals surface area contributed by atoms with Gasteiger partial charge in [0.1, 0.15) is 5.82 Å². The van der Waals surface area contributed by atoms with Crippen molar-refractivity contribution in [3.63, 3.8) is 0 Å². The molecule has 0 saturated carbocycles. The Labute approximate surface area is 218 Å². The quantitative estimate of drug-likeness (QED) is 0.384. The molecule has 37 heavy (non-hydrogen) atoms. The maximum absolute atomic E-state index is 14.7. The van der Waals surface area contributed by atoms with Gasteiger partial charge >= 0.3 is 0 Å². The molecule has 1 fully saturated rings. The highest BCUT2D eigenvalue weighted by molar-refractivity contribution is 5.73. The van der Waals surface area contributed by atoms with Gasteiger partial charge in [-0.25, -0.2) is 14.4 Å². The predicted molar refractivity (Wildman–Crippen MR) is 147 cm³/mol. The van der Waals surface area contributed by atoms with Crippen LogP contribution in [0, 0.1) is 5.82 Å². The smallest absolute Gasteiger partial charge is 0.227 e. The number of rotatable bonds is 6. The third kappa shape index (κ3) is 5.13. The van der Waals surface area contributed by atoms with Gasteiger partial charge < -0.3 is 15.1 Å². The molecule has 5 nitrogen and oxygen atoms in total. The maximum Gasteiger partial charge on any atom is 0.227 e. The van der Waals surface area contributed by atoms with E-state index in [2.05, 4.69) is 63.5 Å². The Kier molecular flexibility index (Phi) is 6.68. The van der Waals surface area contributed by atoms with Crippen molar-refractivity contribution >= 4 is 11.6 Å². The Morgan fingerprint density at radius 1 is 0.919 bits per heavy atom. The number of nitrogens with zero attached hydrogens (tertiary/aromatic N) is 4. The molecule has 1 aliphatic carbocycles. The Hall–Kier alpha value is -3.61. The van der Waals surface area contributed by atoms with Crippen molar-refractivity contribution in [1.82, 2.24) is 19.8 Å². The number of hydrogen-bond acceptors (Lipinski definition) is 5.